The maximum atomic E-state index is 11.1. The highest BCUT2D eigenvalue weighted by Crippen LogP contribution is 2.26. The smallest absolute Gasteiger partial charge is 0.0721 e. The molecule has 0 aromatic heterocycles. The Bertz CT molecular complexity index is 339. The normalized spacial score (nSPS) is 11.1. The van der Waals surface area contributed by atoms with Crippen LogP contribution in [0.4, 0.5) is 0 Å². The van der Waals surface area contributed by atoms with Crippen LogP contribution in [-0.4, -0.2) is 5.97 Å². The molecule has 0 saturated carbocycles. The van der Waals surface area contributed by atoms with E-state index in [0.717, 1.165) is 11.1 Å². The van der Waals surface area contributed by atoms with Crippen molar-refractivity contribution in [3.05, 3.63) is 34.9 Å². The van der Waals surface area contributed by atoms with E-state index >= 15 is 0 Å². The monoisotopic (exact) mass is 205 g/mol. The molecule has 2 heteroatoms. The van der Waals surface area contributed by atoms with Crippen molar-refractivity contribution >= 4 is 5.97 Å². The molecule has 0 unspecified atom stereocenters. The topological polar surface area (TPSA) is 40.1 Å². The Labute approximate surface area is 90.9 Å². The molecule has 1 aromatic rings. The van der Waals surface area contributed by atoms with Crippen LogP contribution in [0.15, 0.2) is 18.2 Å². The van der Waals surface area contributed by atoms with Gasteiger partial charge in [0.2, 0.25) is 0 Å². The van der Waals surface area contributed by atoms with Gasteiger partial charge in [0, 0.05) is 5.56 Å². The molecule has 15 heavy (non-hydrogen) atoms. The number of aromatic carboxylic acids is 1. The number of hydrogen-bond donors (Lipinski definition) is 0. The molecule has 0 aliphatic heterocycles. The highest BCUT2D eigenvalue weighted by molar-refractivity contribution is 5.90. The molecule has 0 N–H and O–H groups in total. The van der Waals surface area contributed by atoms with Crippen LogP contribution in [0.2, 0.25) is 0 Å². The van der Waals surface area contributed by atoms with Crippen molar-refractivity contribution in [2.24, 2.45) is 0 Å². The standard InChI is InChI=1S/C13H18O2/c1-8(2)10-6-5-7-11(9(3)4)12(10)13(14)15/h5-9H,1-4H3,(H,14,15)/p-1. The fourth-order valence-corrected chi connectivity index (χ4v) is 1.79. The Balaban J connectivity index is 3.42. The van der Waals surface area contributed by atoms with Gasteiger partial charge in [-0.1, -0.05) is 45.9 Å². The van der Waals surface area contributed by atoms with Gasteiger partial charge in [0.25, 0.3) is 0 Å². The first-order chi connectivity index (χ1) is 6.95. The van der Waals surface area contributed by atoms with Crippen LogP contribution in [0.1, 0.15) is 61.0 Å². The lowest BCUT2D eigenvalue weighted by Crippen LogP contribution is -2.26. The summed E-state index contributed by atoms with van der Waals surface area (Å²) in [7, 11) is 0. The van der Waals surface area contributed by atoms with Gasteiger partial charge in [0.15, 0.2) is 0 Å². The van der Waals surface area contributed by atoms with Crippen molar-refractivity contribution in [3.63, 3.8) is 0 Å². The van der Waals surface area contributed by atoms with Crippen molar-refractivity contribution in [2.45, 2.75) is 39.5 Å². The molecule has 0 bridgehead atoms. The van der Waals surface area contributed by atoms with Crippen molar-refractivity contribution in [2.75, 3.05) is 0 Å². The van der Waals surface area contributed by atoms with Crippen LogP contribution in [0.3, 0.4) is 0 Å². The lowest BCUT2D eigenvalue weighted by atomic mass is 9.89. The Morgan fingerprint density at radius 2 is 1.47 bits per heavy atom. The molecule has 0 fully saturated rings. The van der Waals surface area contributed by atoms with E-state index in [4.69, 9.17) is 0 Å². The summed E-state index contributed by atoms with van der Waals surface area (Å²) in [5, 5.41) is 11.1. The van der Waals surface area contributed by atoms with Gasteiger partial charge in [-0.2, -0.15) is 0 Å². The number of hydrogen-bond acceptors (Lipinski definition) is 2. The van der Waals surface area contributed by atoms with E-state index in [0.29, 0.717) is 5.56 Å². The van der Waals surface area contributed by atoms with E-state index in [1.807, 2.05) is 45.9 Å². The third-order valence-electron chi connectivity index (χ3n) is 2.58. The predicted octanol–water partition coefficient (Wildman–Crippen LogP) is 2.30. The molecular weight excluding hydrogens is 188 g/mol. The molecule has 1 rings (SSSR count). The molecule has 0 atom stereocenters. The average Bonchev–Trinajstić information content (AvgIpc) is 2.16. The van der Waals surface area contributed by atoms with E-state index in [2.05, 4.69) is 0 Å². The first-order valence-corrected chi connectivity index (χ1v) is 5.29. The molecule has 0 heterocycles. The summed E-state index contributed by atoms with van der Waals surface area (Å²) in [6.07, 6.45) is 0. The quantitative estimate of drug-likeness (QED) is 0.759. The summed E-state index contributed by atoms with van der Waals surface area (Å²) in [6, 6.07) is 5.64. The number of carboxylic acids is 1. The van der Waals surface area contributed by atoms with E-state index in [-0.39, 0.29) is 11.8 Å². The Morgan fingerprint density at radius 1 is 1.07 bits per heavy atom. The lowest BCUT2D eigenvalue weighted by molar-refractivity contribution is -0.255. The van der Waals surface area contributed by atoms with Gasteiger partial charge in [-0.15, -0.1) is 0 Å². The maximum absolute atomic E-state index is 11.1. The molecule has 0 radical (unpaired) electrons. The molecule has 82 valence electrons. The van der Waals surface area contributed by atoms with Crippen molar-refractivity contribution in [1.82, 2.24) is 0 Å². The highest BCUT2D eigenvalue weighted by Gasteiger charge is 2.13. The van der Waals surface area contributed by atoms with E-state index in [1.54, 1.807) is 0 Å². The zero-order chi connectivity index (χ0) is 11.6. The fourth-order valence-electron chi connectivity index (χ4n) is 1.79. The minimum absolute atomic E-state index is 0.205. The predicted molar refractivity (Wildman–Crippen MR) is 59.0 cm³/mol. The molecule has 0 aliphatic rings. The molecule has 0 saturated heterocycles. The average molecular weight is 205 g/mol. The van der Waals surface area contributed by atoms with Gasteiger partial charge in [-0.25, -0.2) is 0 Å². The zero-order valence-electron chi connectivity index (χ0n) is 9.70. The number of carboxylic acid groups (broad SMARTS) is 1. The second-order valence-corrected chi connectivity index (χ2v) is 4.41. The minimum Gasteiger partial charge on any atom is -0.545 e. The van der Waals surface area contributed by atoms with Crippen LogP contribution in [0.25, 0.3) is 0 Å². The first kappa shape index (κ1) is 11.8. The molecule has 0 amide bonds. The summed E-state index contributed by atoms with van der Waals surface area (Å²) >= 11 is 0. The van der Waals surface area contributed by atoms with Gasteiger partial charge in [0.1, 0.15) is 0 Å². The lowest BCUT2D eigenvalue weighted by Gasteiger charge is -2.19. The Morgan fingerprint density at radius 3 is 1.73 bits per heavy atom. The van der Waals surface area contributed by atoms with Gasteiger partial charge in [-0.3, -0.25) is 0 Å². The summed E-state index contributed by atoms with van der Waals surface area (Å²) in [4.78, 5) is 11.1. The van der Waals surface area contributed by atoms with Gasteiger partial charge in [0.05, 0.1) is 5.97 Å². The number of rotatable bonds is 3. The summed E-state index contributed by atoms with van der Waals surface area (Å²) in [6.45, 7) is 7.97. The number of benzene rings is 1. The molecule has 2 nitrogen and oxygen atoms in total. The maximum Gasteiger partial charge on any atom is 0.0721 e. The summed E-state index contributed by atoms with van der Waals surface area (Å²) in [5.74, 6) is -0.656. The fraction of sp³-hybridized carbons (Fsp3) is 0.462. The van der Waals surface area contributed by atoms with Gasteiger partial charge >= 0.3 is 0 Å². The SMILES string of the molecule is CC(C)c1cccc(C(C)C)c1C(=O)[O-]. The van der Waals surface area contributed by atoms with Crippen LogP contribution < -0.4 is 5.11 Å². The number of carbonyl (C=O) groups is 1. The highest BCUT2D eigenvalue weighted by atomic mass is 16.4. The van der Waals surface area contributed by atoms with E-state index in [1.165, 1.54) is 0 Å². The van der Waals surface area contributed by atoms with E-state index in [9.17, 15) is 9.90 Å². The van der Waals surface area contributed by atoms with Crippen molar-refractivity contribution in [1.29, 1.82) is 0 Å². The molecule has 0 aliphatic carbocycles. The Kier molecular flexibility index (Phi) is 3.51. The van der Waals surface area contributed by atoms with Gasteiger partial charge in [-0.05, 0) is 23.0 Å². The van der Waals surface area contributed by atoms with Crippen LogP contribution in [0.5, 0.6) is 0 Å². The zero-order valence-corrected chi connectivity index (χ0v) is 9.70. The molecule has 1 aromatic carbocycles. The van der Waals surface area contributed by atoms with Crippen LogP contribution in [0, 0.1) is 0 Å². The third kappa shape index (κ3) is 2.38. The largest absolute Gasteiger partial charge is 0.545 e. The third-order valence-corrected chi connectivity index (χ3v) is 2.58. The first-order valence-electron chi connectivity index (χ1n) is 5.29. The summed E-state index contributed by atoms with van der Waals surface area (Å²) < 4.78 is 0. The number of carbonyl (C=O) groups excluding carboxylic acids is 1. The second kappa shape index (κ2) is 4.47. The van der Waals surface area contributed by atoms with Crippen molar-refractivity contribution in [3.8, 4) is 0 Å². The molecule has 0 spiro atoms. The second-order valence-electron chi connectivity index (χ2n) is 4.41. The minimum atomic E-state index is -1.07. The summed E-state index contributed by atoms with van der Waals surface area (Å²) in [5.41, 5.74) is 2.10. The van der Waals surface area contributed by atoms with Crippen molar-refractivity contribution < 1.29 is 9.90 Å². The van der Waals surface area contributed by atoms with E-state index < -0.39 is 5.97 Å². The van der Waals surface area contributed by atoms with Crippen LogP contribution >= 0.6 is 0 Å². The Hall–Kier alpha value is -1.31. The molecular formula is C13H17O2-. The van der Waals surface area contributed by atoms with Gasteiger partial charge < -0.3 is 9.90 Å². The van der Waals surface area contributed by atoms with Crippen LogP contribution in [-0.2, 0) is 0 Å².